The predicted octanol–water partition coefficient (Wildman–Crippen LogP) is 2.80. The van der Waals surface area contributed by atoms with Gasteiger partial charge in [0, 0.05) is 0 Å². The molecule has 0 aromatic rings. The average Bonchev–Trinajstić information content (AvgIpc) is 1.91. The van der Waals surface area contributed by atoms with E-state index in [2.05, 4.69) is 4.74 Å². The Labute approximate surface area is 68.5 Å². The van der Waals surface area contributed by atoms with Crippen LogP contribution in [0, 0.1) is 0 Å². The molecular formula is C8H9F3O. The summed E-state index contributed by atoms with van der Waals surface area (Å²) < 4.78 is 38.8. The first kappa shape index (κ1) is 9.32. The number of rotatable bonds is 1. The zero-order valence-electron chi connectivity index (χ0n) is 6.56. The lowest BCUT2D eigenvalue weighted by atomic mass is 10.1. The molecule has 0 bridgehead atoms. The smallest absolute Gasteiger partial charge is 0.284 e. The second kappa shape index (κ2) is 3.31. The van der Waals surface area contributed by atoms with E-state index in [0.29, 0.717) is 6.42 Å². The molecule has 0 heterocycles. The van der Waals surface area contributed by atoms with Crippen LogP contribution in [0.25, 0.3) is 0 Å². The number of hydrogen-bond acceptors (Lipinski definition) is 1. The topological polar surface area (TPSA) is 9.23 Å². The molecule has 0 fully saturated rings. The highest BCUT2D eigenvalue weighted by Crippen LogP contribution is 2.23. The molecule has 0 aromatic carbocycles. The van der Waals surface area contributed by atoms with Gasteiger partial charge in [0.25, 0.3) is 0 Å². The predicted molar refractivity (Wildman–Crippen MR) is 38.4 cm³/mol. The van der Waals surface area contributed by atoms with E-state index in [1.165, 1.54) is 6.08 Å². The molecule has 1 aliphatic carbocycles. The average molecular weight is 178 g/mol. The number of hydrogen-bond donors (Lipinski definition) is 0. The maximum absolute atomic E-state index is 11.7. The molecule has 68 valence electrons. The fourth-order valence-electron chi connectivity index (χ4n) is 0.967. The maximum Gasteiger partial charge on any atom is 0.523 e. The summed E-state index contributed by atoms with van der Waals surface area (Å²) in [7, 11) is 0. The van der Waals surface area contributed by atoms with E-state index in [1.54, 1.807) is 12.2 Å². The van der Waals surface area contributed by atoms with Crippen LogP contribution in [0.1, 0.15) is 13.3 Å². The molecule has 1 aliphatic rings. The van der Waals surface area contributed by atoms with Crippen LogP contribution < -0.4 is 0 Å². The number of allylic oxidation sites excluding steroid dienone is 2. The minimum absolute atomic E-state index is 0.293. The highest BCUT2D eigenvalue weighted by molar-refractivity contribution is 5.21. The third-order valence-corrected chi connectivity index (χ3v) is 1.53. The molecule has 1 atom stereocenters. The Morgan fingerprint density at radius 1 is 1.50 bits per heavy atom. The van der Waals surface area contributed by atoms with Crippen LogP contribution in [-0.2, 0) is 4.74 Å². The summed E-state index contributed by atoms with van der Waals surface area (Å²) in [5, 5.41) is 0. The molecule has 12 heavy (non-hydrogen) atoms. The molecule has 0 amide bonds. The largest absolute Gasteiger partial charge is 0.523 e. The Kier molecular flexibility index (Phi) is 2.57. The van der Waals surface area contributed by atoms with Gasteiger partial charge < -0.3 is 0 Å². The summed E-state index contributed by atoms with van der Waals surface area (Å²) in [6.45, 7) is 1.83. The zero-order chi connectivity index (χ0) is 9.19. The Balaban J connectivity index is 2.44. The molecule has 0 radical (unpaired) electrons. The van der Waals surface area contributed by atoms with Crippen molar-refractivity contribution in [1.82, 2.24) is 0 Å². The van der Waals surface area contributed by atoms with Gasteiger partial charge in [0.2, 0.25) is 0 Å². The first-order valence-corrected chi connectivity index (χ1v) is 3.57. The lowest BCUT2D eigenvalue weighted by molar-refractivity contribution is -0.336. The molecule has 0 unspecified atom stereocenters. The van der Waals surface area contributed by atoms with Gasteiger partial charge in [-0.3, -0.25) is 4.74 Å². The quantitative estimate of drug-likeness (QED) is 0.599. The van der Waals surface area contributed by atoms with E-state index in [9.17, 15) is 13.2 Å². The SMILES string of the molecule is CC1=CC[C@H](OC(F)(F)F)C=C1. The van der Waals surface area contributed by atoms with Crippen LogP contribution in [0.4, 0.5) is 13.2 Å². The highest BCUT2D eigenvalue weighted by Gasteiger charge is 2.32. The molecule has 1 rings (SSSR count). The minimum Gasteiger partial charge on any atom is -0.284 e. The van der Waals surface area contributed by atoms with Gasteiger partial charge in [-0.1, -0.05) is 23.8 Å². The maximum atomic E-state index is 11.7. The standard InChI is InChI=1S/C8H9F3O/c1-6-2-4-7(5-3-6)12-8(9,10)11/h2-4,7H,5H2,1H3/t7-/m1/s1. The van der Waals surface area contributed by atoms with Crippen molar-refractivity contribution in [3.05, 3.63) is 23.8 Å². The molecule has 0 aromatic heterocycles. The number of ether oxygens (including phenoxy) is 1. The molecule has 4 heteroatoms. The van der Waals surface area contributed by atoms with Crippen molar-refractivity contribution in [3.8, 4) is 0 Å². The van der Waals surface area contributed by atoms with Gasteiger partial charge in [-0.2, -0.15) is 0 Å². The minimum atomic E-state index is -4.53. The molecule has 1 nitrogen and oxygen atoms in total. The first-order chi connectivity index (χ1) is 5.47. The first-order valence-electron chi connectivity index (χ1n) is 3.57. The van der Waals surface area contributed by atoms with Crippen molar-refractivity contribution in [1.29, 1.82) is 0 Å². The van der Waals surface area contributed by atoms with E-state index in [1.807, 2.05) is 6.92 Å². The zero-order valence-corrected chi connectivity index (χ0v) is 6.56. The molecular weight excluding hydrogens is 169 g/mol. The summed E-state index contributed by atoms with van der Waals surface area (Å²) in [6, 6.07) is 0. The fourth-order valence-corrected chi connectivity index (χ4v) is 0.967. The number of alkyl halides is 3. The molecule has 0 spiro atoms. The molecule has 0 saturated carbocycles. The highest BCUT2D eigenvalue weighted by atomic mass is 19.4. The van der Waals surface area contributed by atoms with Crippen LogP contribution in [-0.4, -0.2) is 12.5 Å². The fraction of sp³-hybridized carbons (Fsp3) is 0.500. The van der Waals surface area contributed by atoms with Crippen molar-refractivity contribution in [2.24, 2.45) is 0 Å². The van der Waals surface area contributed by atoms with Gasteiger partial charge in [0.1, 0.15) is 0 Å². The monoisotopic (exact) mass is 178 g/mol. The van der Waals surface area contributed by atoms with Crippen LogP contribution in [0.3, 0.4) is 0 Å². The molecule has 0 aliphatic heterocycles. The van der Waals surface area contributed by atoms with Gasteiger partial charge in [-0.15, -0.1) is 13.2 Å². The lowest BCUT2D eigenvalue weighted by Gasteiger charge is -2.17. The second-order valence-electron chi connectivity index (χ2n) is 2.65. The van der Waals surface area contributed by atoms with Gasteiger partial charge in [0.05, 0.1) is 6.10 Å². The Morgan fingerprint density at radius 3 is 2.58 bits per heavy atom. The van der Waals surface area contributed by atoms with E-state index in [-0.39, 0.29) is 0 Å². The second-order valence-corrected chi connectivity index (χ2v) is 2.65. The molecule has 0 saturated heterocycles. The van der Waals surface area contributed by atoms with Crippen molar-refractivity contribution in [2.75, 3.05) is 0 Å². The van der Waals surface area contributed by atoms with E-state index in [4.69, 9.17) is 0 Å². The van der Waals surface area contributed by atoms with E-state index < -0.39 is 12.5 Å². The third-order valence-electron chi connectivity index (χ3n) is 1.53. The summed E-state index contributed by atoms with van der Waals surface area (Å²) in [5.41, 5.74) is 0.969. The van der Waals surface area contributed by atoms with Crippen molar-refractivity contribution >= 4 is 0 Å². The van der Waals surface area contributed by atoms with Crippen LogP contribution in [0.15, 0.2) is 23.8 Å². The summed E-state index contributed by atoms with van der Waals surface area (Å²) in [4.78, 5) is 0. The summed E-state index contributed by atoms with van der Waals surface area (Å²) >= 11 is 0. The van der Waals surface area contributed by atoms with E-state index in [0.717, 1.165) is 5.57 Å². The summed E-state index contributed by atoms with van der Waals surface area (Å²) in [6.07, 6.45) is -0.330. The van der Waals surface area contributed by atoms with Crippen LogP contribution >= 0.6 is 0 Å². The van der Waals surface area contributed by atoms with Crippen LogP contribution in [0.5, 0.6) is 0 Å². The van der Waals surface area contributed by atoms with Crippen molar-refractivity contribution in [3.63, 3.8) is 0 Å². The number of halogens is 3. The van der Waals surface area contributed by atoms with Gasteiger partial charge in [-0.25, -0.2) is 0 Å². The molecule has 0 N–H and O–H groups in total. The lowest BCUT2D eigenvalue weighted by Crippen LogP contribution is -2.22. The normalized spacial score (nSPS) is 24.0. The van der Waals surface area contributed by atoms with Gasteiger partial charge in [-0.05, 0) is 13.3 Å². The Morgan fingerprint density at radius 2 is 2.17 bits per heavy atom. The van der Waals surface area contributed by atoms with Crippen molar-refractivity contribution < 1.29 is 17.9 Å². The summed E-state index contributed by atoms with van der Waals surface area (Å²) in [5.74, 6) is 0. The van der Waals surface area contributed by atoms with Gasteiger partial charge in [0.15, 0.2) is 0 Å². The van der Waals surface area contributed by atoms with E-state index >= 15 is 0 Å². The third kappa shape index (κ3) is 3.09. The Hall–Kier alpha value is -0.770. The Bertz CT molecular complexity index is 215. The van der Waals surface area contributed by atoms with Gasteiger partial charge >= 0.3 is 6.36 Å². The van der Waals surface area contributed by atoms with Crippen molar-refractivity contribution in [2.45, 2.75) is 25.8 Å². The van der Waals surface area contributed by atoms with Crippen LogP contribution in [0.2, 0.25) is 0 Å².